The van der Waals surface area contributed by atoms with E-state index in [1.165, 1.54) is 12.1 Å². The average molecular weight is 227 g/mol. The van der Waals surface area contributed by atoms with Gasteiger partial charge in [-0.25, -0.2) is 8.78 Å². The largest absolute Gasteiger partial charge is 0.317 e. The number of aryl methyl sites for hydroxylation is 1. The highest BCUT2D eigenvalue weighted by atomic mass is 19.1. The van der Waals surface area contributed by atoms with Gasteiger partial charge in [-0.05, 0) is 49.5 Å². The molecule has 0 aliphatic heterocycles. The molecule has 0 radical (unpaired) electrons. The molecule has 0 saturated heterocycles. The fourth-order valence-corrected chi connectivity index (χ4v) is 1.66. The summed E-state index contributed by atoms with van der Waals surface area (Å²) in [6.07, 6.45) is 1.66. The van der Waals surface area contributed by atoms with Gasteiger partial charge in [0.2, 0.25) is 0 Å². The van der Waals surface area contributed by atoms with Gasteiger partial charge >= 0.3 is 0 Å². The molecule has 0 aliphatic carbocycles. The van der Waals surface area contributed by atoms with Crippen LogP contribution in [0.1, 0.15) is 25.8 Å². The summed E-state index contributed by atoms with van der Waals surface area (Å²) in [6.45, 7) is 6.11. The fourth-order valence-electron chi connectivity index (χ4n) is 1.66. The summed E-state index contributed by atoms with van der Waals surface area (Å²) >= 11 is 0. The molecule has 1 nitrogen and oxygen atoms in total. The highest BCUT2D eigenvalue weighted by molar-refractivity contribution is 5.17. The molecule has 0 saturated carbocycles. The van der Waals surface area contributed by atoms with Crippen LogP contribution in [-0.2, 0) is 6.42 Å². The second-order valence-electron chi connectivity index (χ2n) is 4.23. The summed E-state index contributed by atoms with van der Waals surface area (Å²) in [7, 11) is 0. The van der Waals surface area contributed by atoms with Crippen molar-refractivity contribution in [2.45, 2.75) is 26.7 Å². The topological polar surface area (TPSA) is 12.0 Å². The molecule has 0 bridgehead atoms. The van der Waals surface area contributed by atoms with Crippen molar-refractivity contribution in [3.8, 4) is 0 Å². The van der Waals surface area contributed by atoms with Crippen molar-refractivity contribution in [2.75, 3.05) is 13.1 Å². The summed E-state index contributed by atoms with van der Waals surface area (Å²) in [5.74, 6) is -0.463. The van der Waals surface area contributed by atoms with Gasteiger partial charge in [-0.1, -0.05) is 13.8 Å². The Balaban J connectivity index is 2.41. The number of benzene rings is 1. The van der Waals surface area contributed by atoms with E-state index in [-0.39, 0.29) is 0 Å². The molecule has 3 heteroatoms. The zero-order valence-electron chi connectivity index (χ0n) is 9.89. The molecular weight excluding hydrogens is 208 g/mol. The maximum atomic E-state index is 12.9. The minimum absolute atomic E-state index is 0.491. The number of hydrogen-bond donors (Lipinski definition) is 1. The standard InChI is InChI=1S/C13H19F2N/c1-3-16-9-10(2)4-5-11-6-12(14)8-13(15)7-11/h6-8,10,16H,3-5,9H2,1-2H3. The molecule has 1 aromatic carbocycles. The summed E-state index contributed by atoms with van der Waals surface area (Å²) in [4.78, 5) is 0. The molecular formula is C13H19F2N. The summed E-state index contributed by atoms with van der Waals surface area (Å²) in [5.41, 5.74) is 0.737. The number of halogens is 2. The zero-order chi connectivity index (χ0) is 12.0. The van der Waals surface area contributed by atoms with Crippen LogP contribution in [0.5, 0.6) is 0 Å². The first kappa shape index (κ1) is 13.1. The first-order valence-electron chi connectivity index (χ1n) is 5.77. The van der Waals surface area contributed by atoms with Crippen LogP contribution < -0.4 is 5.32 Å². The lowest BCUT2D eigenvalue weighted by Gasteiger charge is -2.11. The molecule has 0 heterocycles. The smallest absolute Gasteiger partial charge is 0.126 e. The summed E-state index contributed by atoms with van der Waals surface area (Å²) in [5, 5.41) is 3.26. The van der Waals surface area contributed by atoms with Gasteiger partial charge in [0.15, 0.2) is 0 Å². The van der Waals surface area contributed by atoms with Gasteiger partial charge in [-0.2, -0.15) is 0 Å². The van der Waals surface area contributed by atoms with Gasteiger partial charge in [0.05, 0.1) is 0 Å². The number of hydrogen-bond acceptors (Lipinski definition) is 1. The van der Waals surface area contributed by atoms with Gasteiger partial charge in [0.1, 0.15) is 11.6 Å². The Labute approximate surface area is 95.9 Å². The molecule has 0 amide bonds. The van der Waals surface area contributed by atoms with Crippen LogP contribution in [0.25, 0.3) is 0 Å². The first-order chi connectivity index (χ1) is 7.61. The molecule has 0 aliphatic rings. The number of nitrogens with one attached hydrogen (secondary N) is 1. The molecule has 1 unspecified atom stereocenters. The van der Waals surface area contributed by atoms with Crippen LogP contribution in [0, 0.1) is 17.6 Å². The van der Waals surface area contributed by atoms with Crippen molar-refractivity contribution in [3.05, 3.63) is 35.4 Å². The van der Waals surface area contributed by atoms with E-state index in [2.05, 4.69) is 19.2 Å². The molecule has 1 rings (SSSR count). The van der Waals surface area contributed by atoms with Crippen molar-refractivity contribution in [1.82, 2.24) is 5.32 Å². The van der Waals surface area contributed by atoms with Crippen LogP contribution in [0.2, 0.25) is 0 Å². The van der Waals surface area contributed by atoms with E-state index >= 15 is 0 Å². The Hall–Kier alpha value is -0.960. The van der Waals surface area contributed by atoms with E-state index in [0.717, 1.165) is 37.6 Å². The summed E-state index contributed by atoms with van der Waals surface area (Å²) < 4.78 is 25.8. The highest BCUT2D eigenvalue weighted by Crippen LogP contribution is 2.12. The van der Waals surface area contributed by atoms with Crippen molar-refractivity contribution in [2.24, 2.45) is 5.92 Å². The SMILES string of the molecule is CCNCC(C)CCc1cc(F)cc(F)c1. The van der Waals surface area contributed by atoms with Gasteiger partial charge in [-0.15, -0.1) is 0 Å². The third-order valence-electron chi connectivity index (χ3n) is 2.59. The Morgan fingerprint density at radius 3 is 2.38 bits per heavy atom. The lowest BCUT2D eigenvalue weighted by Crippen LogP contribution is -2.20. The van der Waals surface area contributed by atoms with Gasteiger partial charge in [0, 0.05) is 6.07 Å². The lowest BCUT2D eigenvalue weighted by atomic mass is 10.0. The van der Waals surface area contributed by atoms with E-state index in [1.807, 2.05) is 0 Å². The molecule has 0 fully saturated rings. The lowest BCUT2D eigenvalue weighted by molar-refractivity contribution is 0.487. The molecule has 1 N–H and O–H groups in total. The second kappa shape index (κ2) is 6.59. The van der Waals surface area contributed by atoms with Crippen LogP contribution in [0.3, 0.4) is 0 Å². The van der Waals surface area contributed by atoms with Gasteiger partial charge in [0.25, 0.3) is 0 Å². The van der Waals surface area contributed by atoms with E-state index in [4.69, 9.17) is 0 Å². The van der Waals surface area contributed by atoms with Crippen LogP contribution >= 0.6 is 0 Å². The third kappa shape index (κ3) is 4.71. The molecule has 90 valence electrons. The molecule has 1 aromatic rings. The van der Waals surface area contributed by atoms with Gasteiger partial charge in [-0.3, -0.25) is 0 Å². The van der Waals surface area contributed by atoms with Crippen molar-refractivity contribution < 1.29 is 8.78 Å². The minimum Gasteiger partial charge on any atom is -0.317 e. The van der Waals surface area contributed by atoms with E-state index in [9.17, 15) is 8.78 Å². The van der Waals surface area contributed by atoms with Crippen LogP contribution in [0.15, 0.2) is 18.2 Å². The van der Waals surface area contributed by atoms with Crippen LogP contribution in [-0.4, -0.2) is 13.1 Å². The molecule has 16 heavy (non-hydrogen) atoms. The predicted molar refractivity (Wildman–Crippen MR) is 62.4 cm³/mol. The normalized spacial score (nSPS) is 12.8. The quantitative estimate of drug-likeness (QED) is 0.787. The van der Waals surface area contributed by atoms with Gasteiger partial charge < -0.3 is 5.32 Å². The van der Waals surface area contributed by atoms with Crippen molar-refractivity contribution in [3.63, 3.8) is 0 Å². The predicted octanol–water partition coefficient (Wildman–Crippen LogP) is 3.14. The van der Waals surface area contributed by atoms with Crippen molar-refractivity contribution >= 4 is 0 Å². The maximum absolute atomic E-state index is 12.9. The van der Waals surface area contributed by atoms with E-state index < -0.39 is 11.6 Å². The van der Waals surface area contributed by atoms with E-state index in [0.29, 0.717) is 5.92 Å². The third-order valence-corrected chi connectivity index (χ3v) is 2.59. The maximum Gasteiger partial charge on any atom is 0.126 e. The Kier molecular flexibility index (Phi) is 5.39. The minimum atomic E-state index is -0.491. The first-order valence-corrected chi connectivity index (χ1v) is 5.77. The van der Waals surface area contributed by atoms with Crippen LogP contribution in [0.4, 0.5) is 8.78 Å². The Morgan fingerprint density at radius 1 is 1.19 bits per heavy atom. The fraction of sp³-hybridized carbons (Fsp3) is 0.538. The second-order valence-corrected chi connectivity index (χ2v) is 4.23. The molecule has 0 spiro atoms. The molecule has 1 atom stereocenters. The molecule has 0 aromatic heterocycles. The highest BCUT2D eigenvalue weighted by Gasteiger charge is 2.04. The monoisotopic (exact) mass is 227 g/mol. The van der Waals surface area contributed by atoms with E-state index in [1.54, 1.807) is 0 Å². The van der Waals surface area contributed by atoms with Crippen molar-refractivity contribution in [1.29, 1.82) is 0 Å². The summed E-state index contributed by atoms with van der Waals surface area (Å²) in [6, 6.07) is 3.72. The Bertz CT molecular complexity index is 305. The zero-order valence-corrected chi connectivity index (χ0v) is 9.89. The number of rotatable bonds is 6. The Morgan fingerprint density at radius 2 is 1.81 bits per heavy atom. The average Bonchev–Trinajstić information content (AvgIpc) is 2.22.